The van der Waals surface area contributed by atoms with Crippen molar-refractivity contribution in [3.05, 3.63) is 56.5 Å². The SMILES string of the molecule is COC(=O)Cn1c2c(sc1=O)[C@@H](c1cc(OC)c3c(c1)OCO3)CC(=O)N2c1ccc(OC)cc1. The van der Waals surface area contributed by atoms with Gasteiger partial charge in [-0.2, -0.15) is 0 Å². The van der Waals surface area contributed by atoms with E-state index in [0.717, 1.165) is 16.9 Å². The van der Waals surface area contributed by atoms with Gasteiger partial charge in [0.25, 0.3) is 0 Å². The third-order valence-corrected chi connectivity index (χ3v) is 7.06. The van der Waals surface area contributed by atoms with Crippen LogP contribution in [-0.2, 0) is 20.9 Å². The maximum atomic E-state index is 13.6. The summed E-state index contributed by atoms with van der Waals surface area (Å²) in [6.45, 7) is -0.254. The van der Waals surface area contributed by atoms with Gasteiger partial charge in [-0.3, -0.25) is 23.9 Å². The van der Waals surface area contributed by atoms with E-state index in [1.807, 2.05) is 0 Å². The Hall–Kier alpha value is -3.99. The normalized spacial score (nSPS) is 16.1. The third kappa shape index (κ3) is 3.87. The minimum absolute atomic E-state index is 0.0675. The van der Waals surface area contributed by atoms with Crippen LogP contribution in [0.3, 0.4) is 0 Å². The molecule has 0 aliphatic carbocycles. The van der Waals surface area contributed by atoms with Crippen LogP contribution in [0.25, 0.3) is 0 Å². The van der Waals surface area contributed by atoms with E-state index in [0.29, 0.717) is 39.4 Å². The van der Waals surface area contributed by atoms with E-state index in [-0.39, 0.29) is 30.5 Å². The number of anilines is 2. The van der Waals surface area contributed by atoms with Crippen molar-refractivity contribution in [3.8, 4) is 23.0 Å². The molecule has 0 bridgehead atoms. The van der Waals surface area contributed by atoms with Crippen LogP contribution in [0.5, 0.6) is 23.0 Å². The van der Waals surface area contributed by atoms with Crippen molar-refractivity contribution >= 4 is 34.7 Å². The molecular formula is C24H22N2O8S. The first-order valence-corrected chi connectivity index (χ1v) is 11.5. The van der Waals surface area contributed by atoms with E-state index in [4.69, 9.17) is 23.7 Å². The molecule has 0 unspecified atom stereocenters. The molecule has 2 aromatic carbocycles. The quantitative estimate of drug-likeness (QED) is 0.478. The number of esters is 1. The van der Waals surface area contributed by atoms with Crippen LogP contribution in [0.2, 0.25) is 0 Å². The Labute approximate surface area is 204 Å². The van der Waals surface area contributed by atoms with Gasteiger partial charge >= 0.3 is 10.8 Å². The number of carbonyl (C=O) groups excluding carboxylic acids is 2. The number of nitrogens with zero attached hydrogens (tertiary/aromatic N) is 2. The fourth-order valence-electron chi connectivity index (χ4n) is 4.30. The number of carbonyl (C=O) groups is 2. The first-order valence-electron chi connectivity index (χ1n) is 10.7. The van der Waals surface area contributed by atoms with Gasteiger partial charge in [0.2, 0.25) is 18.4 Å². The van der Waals surface area contributed by atoms with E-state index in [1.165, 1.54) is 23.7 Å². The molecule has 0 N–H and O–H groups in total. The van der Waals surface area contributed by atoms with E-state index in [9.17, 15) is 14.4 Å². The molecule has 182 valence electrons. The van der Waals surface area contributed by atoms with Gasteiger partial charge in [-0.1, -0.05) is 11.3 Å². The summed E-state index contributed by atoms with van der Waals surface area (Å²) in [6.07, 6.45) is 0.0972. The number of methoxy groups -OCH3 is 3. The van der Waals surface area contributed by atoms with Gasteiger partial charge in [-0.15, -0.1) is 0 Å². The van der Waals surface area contributed by atoms with Crippen LogP contribution in [0.4, 0.5) is 11.5 Å². The van der Waals surface area contributed by atoms with Crippen LogP contribution < -0.4 is 28.7 Å². The largest absolute Gasteiger partial charge is 0.497 e. The van der Waals surface area contributed by atoms with E-state index in [2.05, 4.69) is 0 Å². The molecule has 35 heavy (non-hydrogen) atoms. The standard InChI is InChI=1S/C24H22N2O8S/c1-30-15-6-4-14(5-7-15)26-19(27)10-16(13-8-17(31-2)21-18(9-13)33-12-34-21)22-23(26)25(24(29)35-22)11-20(28)32-3/h4-9,16H,10-12H2,1-3H3/t16-/m1/s1. The summed E-state index contributed by atoms with van der Waals surface area (Å²) in [5, 5.41) is 0. The highest BCUT2D eigenvalue weighted by Gasteiger charge is 2.39. The van der Waals surface area contributed by atoms with Crippen molar-refractivity contribution in [2.45, 2.75) is 18.9 Å². The molecule has 0 fully saturated rings. The number of amides is 1. The van der Waals surface area contributed by atoms with E-state index in [1.54, 1.807) is 43.5 Å². The summed E-state index contributed by atoms with van der Waals surface area (Å²) in [7, 11) is 4.33. The van der Waals surface area contributed by atoms with Crippen molar-refractivity contribution in [2.24, 2.45) is 0 Å². The molecule has 0 spiro atoms. The summed E-state index contributed by atoms with van der Waals surface area (Å²) >= 11 is 0.995. The van der Waals surface area contributed by atoms with Crippen LogP contribution in [0.15, 0.2) is 41.2 Å². The summed E-state index contributed by atoms with van der Waals surface area (Å²) in [4.78, 5) is 40.5. The molecule has 10 nitrogen and oxygen atoms in total. The minimum atomic E-state index is -0.596. The second kappa shape index (κ2) is 8.99. The number of hydrogen-bond acceptors (Lipinski definition) is 9. The fraction of sp³-hybridized carbons (Fsp3) is 0.292. The molecule has 0 saturated heterocycles. The lowest BCUT2D eigenvalue weighted by Gasteiger charge is -2.32. The second-order valence-corrected chi connectivity index (χ2v) is 8.85. The monoisotopic (exact) mass is 498 g/mol. The maximum Gasteiger partial charge on any atom is 0.325 e. The van der Waals surface area contributed by atoms with E-state index < -0.39 is 11.9 Å². The molecule has 3 aromatic rings. The lowest BCUT2D eigenvalue weighted by atomic mass is 9.90. The van der Waals surface area contributed by atoms with Crippen molar-refractivity contribution < 1.29 is 33.3 Å². The minimum Gasteiger partial charge on any atom is -0.497 e. The average molecular weight is 499 g/mol. The highest BCUT2D eigenvalue weighted by atomic mass is 32.1. The first kappa shape index (κ1) is 22.8. The molecule has 3 heterocycles. The molecule has 1 amide bonds. The summed E-state index contributed by atoms with van der Waals surface area (Å²) in [6, 6.07) is 10.5. The van der Waals surface area contributed by atoms with Crippen molar-refractivity contribution in [2.75, 3.05) is 33.0 Å². The Morgan fingerprint density at radius 2 is 1.86 bits per heavy atom. The number of aromatic nitrogens is 1. The molecule has 1 aromatic heterocycles. The Kier molecular flexibility index (Phi) is 5.85. The van der Waals surface area contributed by atoms with Gasteiger partial charge in [0.15, 0.2) is 11.5 Å². The summed E-state index contributed by atoms with van der Waals surface area (Å²) in [5.74, 6) is 1.16. The smallest absolute Gasteiger partial charge is 0.325 e. The van der Waals surface area contributed by atoms with Crippen LogP contribution in [0.1, 0.15) is 22.8 Å². The van der Waals surface area contributed by atoms with Gasteiger partial charge in [-0.05, 0) is 42.0 Å². The topological polar surface area (TPSA) is 106 Å². The predicted octanol–water partition coefficient (Wildman–Crippen LogP) is 3.03. The zero-order valence-electron chi connectivity index (χ0n) is 19.2. The van der Waals surface area contributed by atoms with Gasteiger partial charge < -0.3 is 23.7 Å². The van der Waals surface area contributed by atoms with Crippen LogP contribution >= 0.6 is 11.3 Å². The molecule has 0 saturated carbocycles. The third-order valence-electron chi connectivity index (χ3n) is 5.98. The van der Waals surface area contributed by atoms with Crippen LogP contribution in [-0.4, -0.2) is 44.6 Å². The molecule has 5 rings (SSSR count). The lowest BCUT2D eigenvalue weighted by molar-refractivity contribution is -0.141. The number of thiazole rings is 1. The Morgan fingerprint density at radius 1 is 1.09 bits per heavy atom. The van der Waals surface area contributed by atoms with Crippen LogP contribution in [0, 0.1) is 0 Å². The second-order valence-electron chi connectivity index (χ2n) is 7.86. The van der Waals surface area contributed by atoms with Gasteiger partial charge in [0, 0.05) is 12.3 Å². The van der Waals surface area contributed by atoms with Crippen molar-refractivity contribution in [1.29, 1.82) is 0 Å². The predicted molar refractivity (Wildman–Crippen MR) is 126 cm³/mol. The number of fused-ring (bicyclic) bond motifs is 2. The Morgan fingerprint density at radius 3 is 2.54 bits per heavy atom. The number of hydrogen-bond donors (Lipinski definition) is 0. The average Bonchev–Trinajstić information content (AvgIpc) is 3.47. The molecular weight excluding hydrogens is 476 g/mol. The highest BCUT2D eigenvalue weighted by Crippen LogP contribution is 2.49. The number of ether oxygens (including phenoxy) is 5. The van der Waals surface area contributed by atoms with Gasteiger partial charge in [0.1, 0.15) is 18.1 Å². The zero-order chi connectivity index (χ0) is 24.7. The molecule has 2 aliphatic rings. The number of rotatable bonds is 6. The molecule has 11 heteroatoms. The van der Waals surface area contributed by atoms with Gasteiger partial charge in [-0.25, -0.2) is 0 Å². The number of benzene rings is 2. The lowest BCUT2D eigenvalue weighted by Crippen LogP contribution is -2.36. The summed E-state index contributed by atoms with van der Waals surface area (Å²) < 4.78 is 27.8. The highest BCUT2D eigenvalue weighted by molar-refractivity contribution is 7.10. The molecule has 1 atom stereocenters. The Balaban J connectivity index is 1.68. The fourth-order valence-corrected chi connectivity index (χ4v) is 5.40. The Bertz CT molecular complexity index is 1360. The molecule has 2 aliphatic heterocycles. The van der Waals surface area contributed by atoms with Crippen molar-refractivity contribution in [1.82, 2.24) is 4.57 Å². The maximum absolute atomic E-state index is 13.6. The molecule has 0 radical (unpaired) electrons. The van der Waals surface area contributed by atoms with Crippen molar-refractivity contribution in [3.63, 3.8) is 0 Å². The first-order chi connectivity index (χ1) is 16.9. The summed E-state index contributed by atoms with van der Waals surface area (Å²) in [5.41, 5.74) is 1.29. The van der Waals surface area contributed by atoms with E-state index >= 15 is 0 Å². The zero-order valence-corrected chi connectivity index (χ0v) is 20.0. The van der Waals surface area contributed by atoms with Gasteiger partial charge in [0.05, 0.1) is 31.9 Å².